The lowest BCUT2D eigenvalue weighted by molar-refractivity contribution is 0.579. The molecule has 0 spiro atoms. The van der Waals surface area contributed by atoms with E-state index < -0.39 is 20.4 Å². The zero-order valence-electron chi connectivity index (χ0n) is 7.53. The molecule has 10 heteroatoms. The van der Waals surface area contributed by atoms with Gasteiger partial charge in [0.1, 0.15) is 0 Å². The van der Waals surface area contributed by atoms with Gasteiger partial charge in [0.25, 0.3) is 20.4 Å². The molecule has 0 unspecified atom stereocenters. The summed E-state index contributed by atoms with van der Waals surface area (Å²) in [5.74, 6) is 0. The van der Waals surface area contributed by atoms with E-state index in [1.165, 1.54) is 21.1 Å². The topological polar surface area (TPSA) is 130 Å². The summed E-state index contributed by atoms with van der Waals surface area (Å²) in [7, 11) is -2.65. The summed E-state index contributed by atoms with van der Waals surface area (Å²) in [5, 5.41) is 4.40. The van der Waals surface area contributed by atoms with E-state index in [4.69, 9.17) is 0 Å². The van der Waals surface area contributed by atoms with E-state index in [1.807, 2.05) is 4.72 Å². The Kier molecular flexibility index (Phi) is 7.30. The molecule has 8 nitrogen and oxygen atoms in total. The summed E-state index contributed by atoms with van der Waals surface area (Å²) in [4.78, 5) is 0. The molecular formula is C3H14N4O4S2. The highest BCUT2D eigenvalue weighted by molar-refractivity contribution is 7.87. The van der Waals surface area contributed by atoms with E-state index in [1.54, 1.807) is 0 Å². The molecule has 0 aliphatic rings. The van der Waals surface area contributed by atoms with Gasteiger partial charge in [-0.15, -0.1) is 0 Å². The molecule has 0 amide bonds. The number of nitrogens with two attached hydrogens (primary N) is 1. The van der Waals surface area contributed by atoms with Crippen LogP contribution >= 0.6 is 0 Å². The lowest BCUT2D eigenvalue weighted by atomic mass is 11.6. The van der Waals surface area contributed by atoms with E-state index in [0.29, 0.717) is 0 Å². The van der Waals surface area contributed by atoms with Crippen molar-refractivity contribution < 1.29 is 16.8 Å². The van der Waals surface area contributed by atoms with Gasteiger partial charge in [-0.3, -0.25) is 0 Å². The average molecular weight is 234 g/mol. The van der Waals surface area contributed by atoms with Crippen molar-refractivity contribution in [3.05, 3.63) is 0 Å². The lowest BCUT2D eigenvalue weighted by Crippen LogP contribution is -2.30. The van der Waals surface area contributed by atoms with Crippen LogP contribution in [0.5, 0.6) is 0 Å². The Labute approximate surface area is 78.3 Å². The number of nitrogens with one attached hydrogen (secondary N) is 3. The third kappa shape index (κ3) is 14.6. The first-order valence-electron chi connectivity index (χ1n) is 3.01. The van der Waals surface area contributed by atoms with Gasteiger partial charge >= 0.3 is 0 Å². The molecule has 0 atom stereocenters. The van der Waals surface area contributed by atoms with Gasteiger partial charge in [-0.25, -0.2) is 19.3 Å². The van der Waals surface area contributed by atoms with Gasteiger partial charge < -0.3 is 0 Å². The normalized spacial score (nSPS) is 11.7. The second-order valence-electron chi connectivity index (χ2n) is 1.66. The summed E-state index contributed by atoms with van der Waals surface area (Å²) in [6.45, 7) is 0. The SMILES string of the molecule is CNS(=O)(=O)NC.CNS(N)(=O)=O. The molecule has 0 aromatic carbocycles. The fourth-order valence-electron chi connectivity index (χ4n) is 0.102. The summed E-state index contributed by atoms with van der Waals surface area (Å²) in [6, 6.07) is 0. The minimum Gasteiger partial charge on any atom is -0.216 e. The smallest absolute Gasteiger partial charge is 0.216 e. The van der Waals surface area contributed by atoms with Crippen LogP contribution in [-0.4, -0.2) is 38.0 Å². The summed E-state index contributed by atoms with van der Waals surface area (Å²) >= 11 is 0. The van der Waals surface area contributed by atoms with Crippen molar-refractivity contribution in [3.63, 3.8) is 0 Å². The maximum absolute atomic E-state index is 10.1. The molecule has 0 radical (unpaired) electrons. The molecule has 82 valence electrons. The Balaban J connectivity index is 0. The zero-order valence-corrected chi connectivity index (χ0v) is 9.16. The molecule has 0 aromatic heterocycles. The summed E-state index contributed by atoms with van der Waals surface area (Å²) < 4.78 is 45.6. The van der Waals surface area contributed by atoms with Crippen LogP contribution in [0.1, 0.15) is 0 Å². The first-order valence-corrected chi connectivity index (χ1v) is 6.04. The molecule has 0 saturated heterocycles. The van der Waals surface area contributed by atoms with Crippen LogP contribution in [0.3, 0.4) is 0 Å². The molecule has 0 bridgehead atoms. The van der Waals surface area contributed by atoms with Crippen molar-refractivity contribution in [3.8, 4) is 0 Å². The Morgan fingerprint density at radius 1 is 0.846 bits per heavy atom. The number of hydrogen-bond acceptors (Lipinski definition) is 4. The molecule has 0 rings (SSSR count). The first-order chi connectivity index (χ1) is 5.68. The molecule has 0 aromatic rings. The van der Waals surface area contributed by atoms with Gasteiger partial charge in [-0.05, 0) is 0 Å². The molecule has 0 aliphatic carbocycles. The van der Waals surface area contributed by atoms with Crippen molar-refractivity contribution in [2.24, 2.45) is 5.14 Å². The monoisotopic (exact) mass is 234 g/mol. The van der Waals surface area contributed by atoms with E-state index in [2.05, 4.69) is 14.6 Å². The van der Waals surface area contributed by atoms with E-state index in [-0.39, 0.29) is 0 Å². The molecular weight excluding hydrogens is 220 g/mol. The van der Waals surface area contributed by atoms with Gasteiger partial charge in [0.2, 0.25) is 0 Å². The Hall–Kier alpha value is -0.260. The summed E-state index contributed by atoms with van der Waals surface area (Å²) in [6.07, 6.45) is 0. The van der Waals surface area contributed by atoms with Crippen molar-refractivity contribution in [1.82, 2.24) is 14.2 Å². The predicted octanol–water partition coefficient (Wildman–Crippen LogP) is -2.92. The largest absolute Gasteiger partial charge is 0.276 e. The minimum absolute atomic E-state index is 1.25. The van der Waals surface area contributed by atoms with Crippen molar-refractivity contribution in [2.45, 2.75) is 0 Å². The molecule has 0 saturated carbocycles. The molecule has 0 aliphatic heterocycles. The van der Waals surface area contributed by atoms with Crippen LogP contribution in [0.2, 0.25) is 0 Å². The highest BCUT2D eigenvalue weighted by Crippen LogP contribution is 1.63. The van der Waals surface area contributed by atoms with Crippen molar-refractivity contribution in [2.75, 3.05) is 21.1 Å². The van der Waals surface area contributed by atoms with Crippen molar-refractivity contribution >= 4 is 20.4 Å². The fraction of sp³-hybridized carbons (Fsp3) is 1.00. The maximum atomic E-state index is 10.1. The van der Waals surface area contributed by atoms with E-state index in [0.717, 1.165) is 0 Å². The minimum atomic E-state index is -3.41. The molecule has 5 N–H and O–H groups in total. The Morgan fingerprint density at radius 2 is 1.08 bits per heavy atom. The molecule has 13 heavy (non-hydrogen) atoms. The van der Waals surface area contributed by atoms with Crippen LogP contribution in [0, 0.1) is 0 Å². The quantitative estimate of drug-likeness (QED) is 0.416. The molecule has 0 heterocycles. The highest BCUT2D eigenvalue weighted by atomic mass is 32.2. The highest BCUT2D eigenvalue weighted by Gasteiger charge is 1.96. The Morgan fingerprint density at radius 3 is 1.08 bits per heavy atom. The van der Waals surface area contributed by atoms with Gasteiger partial charge in [-0.2, -0.15) is 16.8 Å². The van der Waals surface area contributed by atoms with Gasteiger partial charge in [0.15, 0.2) is 0 Å². The first kappa shape index (κ1) is 15.2. The zero-order chi connectivity index (χ0) is 11.1. The van der Waals surface area contributed by atoms with Crippen LogP contribution in [0.4, 0.5) is 0 Å². The fourth-order valence-corrected chi connectivity index (χ4v) is 0.306. The van der Waals surface area contributed by atoms with Crippen LogP contribution in [0.15, 0.2) is 0 Å². The number of rotatable bonds is 3. The third-order valence-corrected chi connectivity index (χ3v) is 2.47. The Bertz CT molecular complexity index is 296. The maximum Gasteiger partial charge on any atom is 0.276 e. The second kappa shape index (κ2) is 6.23. The van der Waals surface area contributed by atoms with Gasteiger partial charge in [0.05, 0.1) is 0 Å². The predicted molar refractivity (Wildman–Crippen MR) is 49.2 cm³/mol. The standard InChI is InChI=1S/C2H8N2O2S.CH6N2O2S/c1-3-7(5,6)4-2;1-3-6(2,4)5/h3-4H,1-2H3;3H,1H3,(H2,2,4,5). The average Bonchev–Trinajstić information content (AvgIpc) is 2.04. The van der Waals surface area contributed by atoms with E-state index in [9.17, 15) is 16.8 Å². The molecule has 0 fully saturated rings. The van der Waals surface area contributed by atoms with E-state index >= 15 is 0 Å². The van der Waals surface area contributed by atoms with Crippen LogP contribution < -0.4 is 19.3 Å². The lowest BCUT2D eigenvalue weighted by Gasteiger charge is -1.94. The van der Waals surface area contributed by atoms with Crippen LogP contribution in [-0.2, 0) is 20.4 Å². The van der Waals surface area contributed by atoms with Crippen molar-refractivity contribution in [1.29, 1.82) is 0 Å². The van der Waals surface area contributed by atoms with Crippen LogP contribution in [0.25, 0.3) is 0 Å². The number of hydrogen-bond donors (Lipinski definition) is 4. The summed E-state index contributed by atoms with van der Waals surface area (Å²) in [5.41, 5.74) is 0. The second-order valence-corrected chi connectivity index (χ2v) is 4.98. The third-order valence-electron chi connectivity index (χ3n) is 0.822. The van der Waals surface area contributed by atoms with Gasteiger partial charge in [-0.1, -0.05) is 0 Å². The van der Waals surface area contributed by atoms with Gasteiger partial charge in [0, 0.05) is 21.1 Å².